The SMILES string of the molecule is OCCCCCNc1ccc(CO[C@@H]2CCCCO2)cc1. The number of rotatable bonds is 9. The zero-order valence-corrected chi connectivity index (χ0v) is 12.7. The second-order valence-electron chi connectivity index (χ2n) is 5.52. The number of aliphatic hydroxyl groups excluding tert-OH is 1. The quantitative estimate of drug-likeness (QED) is 0.686. The Hall–Kier alpha value is -1.10. The van der Waals surface area contributed by atoms with Crippen LogP contribution in [0.4, 0.5) is 5.69 Å². The van der Waals surface area contributed by atoms with Crippen LogP contribution in [0.15, 0.2) is 24.3 Å². The lowest BCUT2D eigenvalue weighted by molar-refractivity contribution is -0.168. The molecule has 1 aliphatic rings. The first-order chi connectivity index (χ1) is 10.4. The largest absolute Gasteiger partial charge is 0.396 e. The van der Waals surface area contributed by atoms with E-state index < -0.39 is 0 Å². The van der Waals surface area contributed by atoms with E-state index in [1.54, 1.807) is 0 Å². The van der Waals surface area contributed by atoms with Crippen molar-refractivity contribution in [3.8, 4) is 0 Å². The van der Waals surface area contributed by atoms with Gasteiger partial charge in [0.2, 0.25) is 0 Å². The van der Waals surface area contributed by atoms with Crippen LogP contribution < -0.4 is 5.32 Å². The maximum atomic E-state index is 8.72. The van der Waals surface area contributed by atoms with Gasteiger partial charge in [-0.05, 0) is 56.2 Å². The molecule has 1 atom stereocenters. The number of ether oxygens (including phenoxy) is 2. The smallest absolute Gasteiger partial charge is 0.158 e. The summed E-state index contributed by atoms with van der Waals surface area (Å²) in [5.41, 5.74) is 2.31. The summed E-state index contributed by atoms with van der Waals surface area (Å²) in [6, 6.07) is 8.37. The van der Waals surface area contributed by atoms with Gasteiger partial charge in [0, 0.05) is 25.4 Å². The van der Waals surface area contributed by atoms with E-state index in [-0.39, 0.29) is 6.29 Å². The Bertz CT molecular complexity index is 374. The van der Waals surface area contributed by atoms with Crippen LogP contribution in [0.1, 0.15) is 44.1 Å². The molecule has 1 heterocycles. The van der Waals surface area contributed by atoms with Gasteiger partial charge in [-0.1, -0.05) is 12.1 Å². The first-order valence-electron chi connectivity index (χ1n) is 8.05. The molecule has 0 aliphatic carbocycles. The van der Waals surface area contributed by atoms with Crippen LogP contribution in [-0.2, 0) is 16.1 Å². The van der Waals surface area contributed by atoms with Crippen LogP contribution in [0.2, 0.25) is 0 Å². The highest BCUT2D eigenvalue weighted by Gasteiger charge is 2.13. The van der Waals surface area contributed by atoms with Crippen LogP contribution in [0.5, 0.6) is 0 Å². The van der Waals surface area contributed by atoms with Gasteiger partial charge in [0.05, 0.1) is 6.61 Å². The molecule has 1 saturated heterocycles. The van der Waals surface area contributed by atoms with E-state index in [1.807, 2.05) is 0 Å². The molecule has 0 spiro atoms. The third-order valence-electron chi connectivity index (χ3n) is 3.69. The normalized spacial score (nSPS) is 18.6. The molecular weight excluding hydrogens is 266 g/mol. The highest BCUT2D eigenvalue weighted by Crippen LogP contribution is 2.16. The average Bonchev–Trinajstić information content (AvgIpc) is 2.55. The van der Waals surface area contributed by atoms with Crippen LogP contribution >= 0.6 is 0 Å². The lowest BCUT2D eigenvalue weighted by atomic mass is 10.2. The van der Waals surface area contributed by atoms with Crippen molar-refractivity contribution in [1.29, 1.82) is 0 Å². The second kappa shape index (κ2) is 9.77. The van der Waals surface area contributed by atoms with Crippen molar-refractivity contribution in [3.63, 3.8) is 0 Å². The topological polar surface area (TPSA) is 50.7 Å². The zero-order valence-electron chi connectivity index (χ0n) is 12.7. The fraction of sp³-hybridized carbons (Fsp3) is 0.647. The maximum absolute atomic E-state index is 8.72. The van der Waals surface area contributed by atoms with E-state index in [0.29, 0.717) is 13.2 Å². The predicted octanol–water partition coefficient (Wildman–Crippen LogP) is 3.30. The first-order valence-corrected chi connectivity index (χ1v) is 8.05. The van der Waals surface area contributed by atoms with Gasteiger partial charge in [0.25, 0.3) is 0 Å². The number of nitrogens with one attached hydrogen (secondary N) is 1. The summed E-state index contributed by atoms with van der Waals surface area (Å²) in [7, 11) is 0. The van der Waals surface area contributed by atoms with Crippen LogP contribution in [0.3, 0.4) is 0 Å². The van der Waals surface area contributed by atoms with Gasteiger partial charge in [0.1, 0.15) is 0 Å². The van der Waals surface area contributed by atoms with Gasteiger partial charge in [-0.25, -0.2) is 0 Å². The number of benzene rings is 1. The Balaban J connectivity index is 1.64. The summed E-state index contributed by atoms with van der Waals surface area (Å²) in [6.45, 7) is 2.68. The lowest BCUT2D eigenvalue weighted by Gasteiger charge is -2.22. The lowest BCUT2D eigenvalue weighted by Crippen LogP contribution is -2.21. The van der Waals surface area contributed by atoms with E-state index in [4.69, 9.17) is 14.6 Å². The van der Waals surface area contributed by atoms with Gasteiger partial charge in [-0.2, -0.15) is 0 Å². The van der Waals surface area contributed by atoms with Crippen molar-refractivity contribution in [2.24, 2.45) is 0 Å². The summed E-state index contributed by atoms with van der Waals surface area (Å²) in [5, 5.41) is 12.1. The molecule has 21 heavy (non-hydrogen) atoms. The molecule has 1 aliphatic heterocycles. The minimum atomic E-state index is -0.0249. The molecule has 2 N–H and O–H groups in total. The molecule has 0 radical (unpaired) electrons. The number of hydrogen-bond acceptors (Lipinski definition) is 4. The van der Waals surface area contributed by atoms with Crippen molar-refractivity contribution >= 4 is 5.69 Å². The molecule has 118 valence electrons. The van der Waals surface area contributed by atoms with Gasteiger partial charge < -0.3 is 19.9 Å². The molecule has 0 bridgehead atoms. The highest BCUT2D eigenvalue weighted by atomic mass is 16.7. The second-order valence-corrected chi connectivity index (χ2v) is 5.52. The van der Waals surface area contributed by atoms with Crippen LogP contribution in [-0.4, -0.2) is 31.2 Å². The Morgan fingerprint density at radius 1 is 1.14 bits per heavy atom. The fourth-order valence-corrected chi connectivity index (χ4v) is 2.40. The van der Waals surface area contributed by atoms with Crippen molar-refractivity contribution in [2.75, 3.05) is 25.1 Å². The minimum Gasteiger partial charge on any atom is -0.396 e. The molecule has 4 nitrogen and oxygen atoms in total. The summed E-state index contributed by atoms with van der Waals surface area (Å²) in [6.07, 6.45) is 6.38. The summed E-state index contributed by atoms with van der Waals surface area (Å²) < 4.78 is 11.3. The molecule has 0 unspecified atom stereocenters. The Kier molecular flexibility index (Phi) is 7.57. The molecule has 0 aromatic heterocycles. The molecule has 2 rings (SSSR count). The summed E-state index contributed by atoms with van der Waals surface area (Å²) >= 11 is 0. The molecular formula is C17H27NO3. The zero-order chi connectivity index (χ0) is 14.8. The Morgan fingerprint density at radius 2 is 2.00 bits per heavy atom. The monoisotopic (exact) mass is 293 g/mol. The maximum Gasteiger partial charge on any atom is 0.158 e. The third-order valence-corrected chi connectivity index (χ3v) is 3.69. The van der Waals surface area contributed by atoms with Crippen molar-refractivity contribution in [3.05, 3.63) is 29.8 Å². The van der Waals surface area contributed by atoms with Gasteiger partial charge in [0.15, 0.2) is 6.29 Å². The Morgan fingerprint density at radius 3 is 2.71 bits per heavy atom. The van der Waals surface area contributed by atoms with Crippen LogP contribution in [0, 0.1) is 0 Å². The predicted molar refractivity (Wildman–Crippen MR) is 84.2 cm³/mol. The standard InChI is InChI=1S/C17H27NO3/c19-12-4-1-3-11-18-16-9-7-15(8-10-16)14-21-17-6-2-5-13-20-17/h7-10,17-19H,1-6,11-14H2/t17-/m1/s1. The number of unbranched alkanes of at least 4 members (excludes halogenated alkanes) is 2. The molecule has 1 fully saturated rings. The number of aliphatic hydroxyl groups is 1. The van der Waals surface area contributed by atoms with Gasteiger partial charge >= 0.3 is 0 Å². The Labute approximate surface area is 127 Å². The molecule has 4 heteroatoms. The van der Waals surface area contributed by atoms with Gasteiger partial charge in [-0.3, -0.25) is 0 Å². The highest BCUT2D eigenvalue weighted by molar-refractivity contribution is 5.44. The van der Waals surface area contributed by atoms with E-state index in [0.717, 1.165) is 50.9 Å². The summed E-state index contributed by atoms with van der Waals surface area (Å²) in [5.74, 6) is 0. The van der Waals surface area contributed by atoms with E-state index in [1.165, 1.54) is 12.0 Å². The number of hydrogen-bond donors (Lipinski definition) is 2. The fourth-order valence-electron chi connectivity index (χ4n) is 2.40. The minimum absolute atomic E-state index is 0.0249. The molecule has 0 saturated carbocycles. The molecule has 1 aromatic carbocycles. The number of anilines is 1. The van der Waals surface area contributed by atoms with Crippen molar-refractivity contribution < 1.29 is 14.6 Å². The van der Waals surface area contributed by atoms with Gasteiger partial charge in [-0.15, -0.1) is 0 Å². The van der Waals surface area contributed by atoms with E-state index >= 15 is 0 Å². The third kappa shape index (κ3) is 6.46. The first kappa shape index (κ1) is 16.3. The van der Waals surface area contributed by atoms with Crippen molar-refractivity contribution in [1.82, 2.24) is 0 Å². The summed E-state index contributed by atoms with van der Waals surface area (Å²) in [4.78, 5) is 0. The average molecular weight is 293 g/mol. The molecule has 0 amide bonds. The van der Waals surface area contributed by atoms with E-state index in [9.17, 15) is 0 Å². The van der Waals surface area contributed by atoms with Crippen LogP contribution in [0.25, 0.3) is 0 Å². The molecule has 1 aromatic rings. The van der Waals surface area contributed by atoms with Crippen molar-refractivity contribution in [2.45, 2.75) is 51.4 Å². The van der Waals surface area contributed by atoms with E-state index in [2.05, 4.69) is 29.6 Å².